The van der Waals surface area contributed by atoms with Crippen LogP contribution in [0.25, 0.3) is 10.8 Å². The van der Waals surface area contributed by atoms with Crippen molar-refractivity contribution in [1.29, 1.82) is 0 Å². The van der Waals surface area contributed by atoms with Crippen LogP contribution in [0.2, 0.25) is 0 Å². The van der Waals surface area contributed by atoms with E-state index >= 15 is 0 Å². The predicted molar refractivity (Wildman–Crippen MR) is 76.4 cm³/mol. The van der Waals surface area contributed by atoms with Crippen LogP contribution in [0.3, 0.4) is 0 Å². The first-order chi connectivity index (χ1) is 9.78. The Kier molecular flexibility index (Phi) is 3.20. The van der Waals surface area contributed by atoms with Gasteiger partial charge in [0.25, 0.3) is 0 Å². The molecule has 3 rings (SSSR count). The molecule has 0 aliphatic heterocycles. The summed E-state index contributed by atoms with van der Waals surface area (Å²) in [5.74, 6) is 1.81. The van der Waals surface area contributed by atoms with Gasteiger partial charge in [0.1, 0.15) is 17.9 Å². The average molecular weight is 269 g/mol. The van der Waals surface area contributed by atoms with Crippen LogP contribution < -0.4 is 5.32 Å². The molecular weight excluding hydrogens is 254 g/mol. The number of rotatable bonds is 4. The Morgan fingerprint density at radius 3 is 3.05 bits per heavy atom. The SMILES string of the molecule is CCn1cnnc1CNc1nccc2ccc(O)cc12. The number of aromatic hydroxyl groups is 1. The highest BCUT2D eigenvalue weighted by Crippen LogP contribution is 2.25. The molecule has 0 aliphatic rings. The third kappa shape index (κ3) is 2.27. The lowest BCUT2D eigenvalue weighted by Crippen LogP contribution is -2.08. The van der Waals surface area contributed by atoms with Crippen molar-refractivity contribution in [2.24, 2.45) is 0 Å². The van der Waals surface area contributed by atoms with Crippen molar-refractivity contribution in [2.75, 3.05) is 5.32 Å². The molecule has 2 aromatic heterocycles. The topological polar surface area (TPSA) is 75.9 Å². The van der Waals surface area contributed by atoms with E-state index in [2.05, 4.69) is 20.5 Å². The van der Waals surface area contributed by atoms with Gasteiger partial charge >= 0.3 is 0 Å². The molecule has 2 heterocycles. The predicted octanol–water partition coefficient (Wildman–Crippen LogP) is 2.16. The van der Waals surface area contributed by atoms with Crippen LogP contribution in [-0.2, 0) is 13.1 Å². The Labute approximate surface area is 116 Å². The maximum absolute atomic E-state index is 9.61. The fourth-order valence-corrected chi connectivity index (χ4v) is 2.14. The van der Waals surface area contributed by atoms with Crippen LogP contribution in [0, 0.1) is 0 Å². The Morgan fingerprint density at radius 2 is 2.20 bits per heavy atom. The Balaban J connectivity index is 1.89. The number of anilines is 1. The van der Waals surface area contributed by atoms with Crippen molar-refractivity contribution in [3.63, 3.8) is 0 Å². The fraction of sp³-hybridized carbons (Fsp3) is 0.214. The number of phenolic OH excluding ortho intramolecular Hbond substituents is 1. The lowest BCUT2D eigenvalue weighted by Gasteiger charge is -2.09. The Hall–Kier alpha value is -2.63. The van der Waals surface area contributed by atoms with E-state index in [9.17, 15) is 5.11 Å². The normalized spacial score (nSPS) is 10.8. The molecule has 0 bridgehead atoms. The number of pyridine rings is 1. The summed E-state index contributed by atoms with van der Waals surface area (Å²) < 4.78 is 1.97. The lowest BCUT2D eigenvalue weighted by atomic mass is 10.1. The molecule has 0 spiro atoms. The van der Waals surface area contributed by atoms with Gasteiger partial charge in [-0.05, 0) is 30.5 Å². The number of nitrogens with zero attached hydrogens (tertiary/aromatic N) is 4. The van der Waals surface area contributed by atoms with Crippen molar-refractivity contribution < 1.29 is 5.11 Å². The van der Waals surface area contributed by atoms with Crippen LogP contribution in [-0.4, -0.2) is 24.9 Å². The molecule has 0 saturated carbocycles. The van der Waals surface area contributed by atoms with Gasteiger partial charge in [-0.3, -0.25) is 0 Å². The quantitative estimate of drug-likeness (QED) is 0.759. The number of nitrogens with one attached hydrogen (secondary N) is 1. The summed E-state index contributed by atoms with van der Waals surface area (Å²) in [5.41, 5.74) is 0. The third-order valence-corrected chi connectivity index (χ3v) is 3.20. The first kappa shape index (κ1) is 12.4. The van der Waals surface area contributed by atoms with Crippen LogP contribution in [0.4, 0.5) is 5.82 Å². The molecule has 0 radical (unpaired) electrons. The van der Waals surface area contributed by atoms with E-state index in [0.29, 0.717) is 6.54 Å². The minimum atomic E-state index is 0.227. The second kappa shape index (κ2) is 5.16. The molecule has 0 amide bonds. The van der Waals surface area contributed by atoms with Gasteiger partial charge < -0.3 is 15.0 Å². The number of phenols is 1. The second-order valence-corrected chi connectivity index (χ2v) is 4.45. The maximum atomic E-state index is 9.61. The Bertz CT molecular complexity index is 737. The first-order valence-electron chi connectivity index (χ1n) is 6.46. The van der Waals surface area contributed by atoms with Gasteiger partial charge in [-0.25, -0.2) is 4.98 Å². The highest BCUT2D eigenvalue weighted by atomic mass is 16.3. The van der Waals surface area contributed by atoms with E-state index in [1.807, 2.05) is 23.6 Å². The van der Waals surface area contributed by atoms with E-state index in [-0.39, 0.29) is 5.75 Å². The number of aromatic nitrogens is 4. The monoisotopic (exact) mass is 269 g/mol. The molecule has 20 heavy (non-hydrogen) atoms. The molecule has 0 atom stereocenters. The molecule has 6 heteroatoms. The number of hydrogen-bond acceptors (Lipinski definition) is 5. The van der Waals surface area contributed by atoms with Gasteiger partial charge in [-0.2, -0.15) is 0 Å². The molecule has 3 aromatic rings. The van der Waals surface area contributed by atoms with E-state index in [1.54, 1.807) is 24.7 Å². The summed E-state index contributed by atoms with van der Waals surface area (Å²) >= 11 is 0. The van der Waals surface area contributed by atoms with Crippen molar-refractivity contribution in [1.82, 2.24) is 19.7 Å². The van der Waals surface area contributed by atoms with E-state index in [0.717, 1.165) is 29.0 Å². The van der Waals surface area contributed by atoms with Crippen LogP contribution in [0.1, 0.15) is 12.7 Å². The molecular formula is C14H15N5O. The molecule has 0 aliphatic carbocycles. The molecule has 102 valence electrons. The zero-order valence-electron chi connectivity index (χ0n) is 11.1. The van der Waals surface area contributed by atoms with Gasteiger partial charge in [0.15, 0.2) is 5.82 Å². The molecule has 2 N–H and O–H groups in total. The average Bonchev–Trinajstić information content (AvgIpc) is 2.92. The zero-order chi connectivity index (χ0) is 13.9. The largest absolute Gasteiger partial charge is 0.508 e. The van der Waals surface area contributed by atoms with Gasteiger partial charge in [-0.1, -0.05) is 6.07 Å². The summed E-state index contributed by atoms with van der Waals surface area (Å²) in [5, 5.41) is 22.7. The van der Waals surface area contributed by atoms with Crippen molar-refractivity contribution >= 4 is 16.6 Å². The van der Waals surface area contributed by atoms with Crippen molar-refractivity contribution in [3.8, 4) is 5.75 Å². The number of fused-ring (bicyclic) bond motifs is 1. The lowest BCUT2D eigenvalue weighted by molar-refractivity contribution is 0.476. The summed E-state index contributed by atoms with van der Waals surface area (Å²) in [4.78, 5) is 4.32. The minimum absolute atomic E-state index is 0.227. The number of benzene rings is 1. The van der Waals surface area contributed by atoms with Gasteiger partial charge in [0, 0.05) is 18.1 Å². The van der Waals surface area contributed by atoms with E-state index in [4.69, 9.17) is 0 Å². The van der Waals surface area contributed by atoms with Gasteiger partial charge in [-0.15, -0.1) is 10.2 Å². The number of hydrogen-bond donors (Lipinski definition) is 2. The second-order valence-electron chi connectivity index (χ2n) is 4.45. The third-order valence-electron chi connectivity index (χ3n) is 3.20. The Morgan fingerprint density at radius 1 is 1.30 bits per heavy atom. The molecule has 0 saturated heterocycles. The summed E-state index contributed by atoms with van der Waals surface area (Å²) in [7, 11) is 0. The minimum Gasteiger partial charge on any atom is -0.508 e. The van der Waals surface area contributed by atoms with E-state index in [1.165, 1.54) is 0 Å². The summed E-state index contributed by atoms with van der Waals surface area (Å²) in [6.45, 7) is 3.41. The molecule has 1 aromatic carbocycles. The van der Waals surface area contributed by atoms with Crippen LogP contribution >= 0.6 is 0 Å². The fourth-order valence-electron chi connectivity index (χ4n) is 2.14. The standard InChI is InChI=1S/C14H15N5O/c1-2-19-9-17-18-13(19)8-16-14-12-7-11(20)4-3-10(12)5-6-15-14/h3-7,9,20H,2,8H2,1H3,(H,15,16). The molecule has 6 nitrogen and oxygen atoms in total. The highest BCUT2D eigenvalue weighted by molar-refractivity contribution is 5.92. The zero-order valence-corrected chi connectivity index (χ0v) is 11.1. The smallest absolute Gasteiger partial charge is 0.152 e. The van der Waals surface area contributed by atoms with Crippen LogP contribution in [0.15, 0.2) is 36.8 Å². The van der Waals surface area contributed by atoms with E-state index < -0.39 is 0 Å². The first-order valence-corrected chi connectivity index (χ1v) is 6.46. The molecule has 0 unspecified atom stereocenters. The number of aryl methyl sites for hydroxylation is 1. The summed E-state index contributed by atoms with van der Waals surface area (Å²) in [6.07, 6.45) is 3.45. The van der Waals surface area contributed by atoms with Crippen LogP contribution in [0.5, 0.6) is 5.75 Å². The van der Waals surface area contributed by atoms with Gasteiger partial charge in [0.05, 0.1) is 6.54 Å². The van der Waals surface area contributed by atoms with Gasteiger partial charge in [0.2, 0.25) is 0 Å². The maximum Gasteiger partial charge on any atom is 0.152 e. The van der Waals surface area contributed by atoms with Crippen molar-refractivity contribution in [3.05, 3.63) is 42.6 Å². The highest BCUT2D eigenvalue weighted by Gasteiger charge is 2.06. The summed E-state index contributed by atoms with van der Waals surface area (Å²) in [6, 6.07) is 7.15. The molecule has 0 fully saturated rings. The van der Waals surface area contributed by atoms with Crippen molar-refractivity contribution in [2.45, 2.75) is 20.0 Å².